The van der Waals surface area contributed by atoms with E-state index in [4.69, 9.17) is 21.6 Å². The molecule has 6 rings (SSSR count). The van der Waals surface area contributed by atoms with Crippen LogP contribution in [0.15, 0.2) is 72.7 Å². The van der Waals surface area contributed by atoms with Crippen LogP contribution in [0.5, 0.6) is 0 Å². The molecule has 1 fully saturated rings. The highest BCUT2D eigenvalue weighted by Crippen LogP contribution is 2.37. The Kier molecular flexibility index (Phi) is 6.99. The number of nitrogens with zero attached hydrogens (tertiary/aromatic N) is 5. The highest BCUT2D eigenvalue weighted by Gasteiger charge is 2.24. The van der Waals surface area contributed by atoms with E-state index in [1.54, 1.807) is 11.9 Å². The first kappa shape index (κ1) is 24.2. The van der Waals surface area contributed by atoms with Crippen LogP contribution in [0.3, 0.4) is 0 Å². The van der Waals surface area contributed by atoms with Gasteiger partial charge in [0.15, 0.2) is 5.65 Å². The summed E-state index contributed by atoms with van der Waals surface area (Å²) in [5.74, 6) is 1.02. The standard InChI is InChI=1S/C31H34ClN5/c1-23-12-13-26(20-28(23)32)37-21-27(25-10-6-3-7-11-25)29-30(33-22-34-31(29)37)36-18-16-35(17-19-36)15-14-24-8-4-2-5-9-24/h3,6-8,10-13,20-22H,2,4-5,9,14-19H2,1H3. The molecular weight excluding hydrogens is 478 g/mol. The molecule has 0 radical (unpaired) electrons. The number of benzene rings is 2. The maximum absolute atomic E-state index is 6.52. The fraction of sp³-hybridized carbons (Fsp3) is 0.355. The van der Waals surface area contributed by atoms with Crippen LogP contribution in [-0.2, 0) is 0 Å². The molecule has 0 spiro atoms. The maximum atomic E-state index is 6.52. The monoisotopic (exact) mass is 511 g/mol. The third kappa shape index (κ3) is 5.03. The van der Waals surface area contributed by atoms with E-state index < -0.39 is 0 Å². The second-order valence-electron chi connectivity index (χ2n) is 10.3. The topological polar surface area (TPSA) is 37.2 Å². The van der Waals surface area contributed by atoms with Crippen molar-refractivity contribution in [3.8, 4) is 16.8 Å². The molecular formula is C31H34ClN5. The number of rotatable bonds is 6. The summed E-state index contributed by atoms with van der Waals surface area (Å²) in [6, 6.07) is 16.8. The molecule has 0 bridgehead atoms. The van der Waals surface area contributed by atoms with Crippen molar-refractivity contribution in [1.82, 2.24) is 19.4 Å². The lowest BCUT2D eigenvalue weighted by Crippen LogP contribution is -2.47. The molecule has 0 saturated carbocycles. The van der Waals surface area contributed by atoms with E-state index in [0.29, 0.717) is 0 Å². The Balaban J connectivity index is 1.32. The van der Waals surface area contributed by atoms with E-state index in [0.717, 1.165) is 64.9 Å². The number of hydrogen-bond donors (Lipinski definition) is 0. The molecule has 2 aliphatic rings. The highest BCUT2D eigenvalue weighted by molar-refractivity contribution is 6.31. The van der Waals surface area contributed by atoms with Gasteiger partial charge < -0.3 is 9.47 Å². The van der Waals surface area contributed by atoms with E-state index in [9.17, 15) is 0 Å². The van der Waals surface area contributed by atoms with Crippen molar-refractivity contribution in [2.75, 3.05) is 37.6 Å². The lowest BCUT2D eigenvalue weighted by atomic mass is 9.97. The Morgan fingerprint density at radius 2 is 1.78 bits per heavy atom. The summed E-state index contributed by atoms with van der Waals surface area (Å²) in [6.07, 6.45) is 12.9. The van der Waals surface area contributed by atoms with Crippen LogP contribution in [0, 0.1) is 6.92 Å². The summed E-state index contributed by atoms with van der Waals surface area (Å²) in [5, 5.41) is 1.86. The second kappa shape index (κ2) is 10.7. The fourth-order valence-corrected chi connectivity index (χ4v) is 5.84. The molecule has 0 amide bonds. The van der Waals surface area contributed by atoms with E-state index >= 15 is 0 Å². The second-order valence-corrected chi connectivity index (χ2v) is 10.7. The van der Waals surface area contributed by atoms with Crippen LogP contribution in [0.1, 0.15) is 37.7 Å². The summed E-state index contributed by atoms with van der Waals surface area (Å²) in [4.78, 5) is 14.7. The van der Waals surface area contributed by atoms with E-state index in [2.05, 4.69) is 69.1 Å². The van der Waals surface area contributed by atoms with Gasteiger partial charge in [-0.1, -0.05) is 59.6 Å². The van der Waals surface area contributed by atoms with Crippen molar-refractivity contribution in [1.29, 1.82) is 0 Å². The minimum Gasteiger partial charge on any atom is -0.353 e. The number of anilines is 1. The highest BCUT2D eigenvalue weighted by atomic mass is 35.5. The molecule has 0 unspecified atom stereocenters. The summed E-state index contributed by atoms with van der Waals surface area (Å²) in [6.45, 7) is 7.27. The lowest BCUT2D eigenvalue weighted by molar-refractivity contribution is 0.259. The van der Waals surface area contributed by atoms with Gasteiger partial charge in [-0.15, -0.1) is 0 Å². The molecule has 2 aromatic heterocycles. The average molecular weight is 512 g/mol. The predicted molar refractivity (Wildman–Crippen MR) is 154 cm³/mol. The van der Waals surface area contributed by atoms with Gasteiger partial charge in [0.2, 0.25) is 0 Å². The summed E-state index contributed by atoms with van der Waals surface area (Å²) in [5.41, 5.74) is 6.97. The van der Waals surface area contributed by atoms with Crippen LogP contribution in [0.4, 0.5) is 5.82 Å². The van der Waals surface area contributed by atoms with E-state index in [-0.39, 0.29) is 0 Å². The summed E-state index contributed by atoms with van der Waals surface area (Å²) < 4.78 is 2.16. The van der Waals surface area contributed by atoms with E-state index in [1.807, 2.05) is 13.0 Å². The van der Waals surface area contributed by atoms with Crippen LogP contribution >= 0.6 is 11.6 Å². The van der Waals surface area contributed by atoms with Gasteiger partial charge in [-0.3, -0.25) is 4.90 Å². The molecule has 0 N–H and O–H groups in total. The summed E-state index contributed by atoms with van der Waals surface area (Å²) >= 11 is 6.52. The van der Waals surface area contributed by atoms with Crippen LogP contribution in [0.2, 0.25) is 5.02 Å². The molecule has 4 aromatic rings. The third-order valence-corrected chi connectivity index (χ3v) is 8.29. The largest absolute Gasteiger partial charge is 0.353 e. The molecule has 6 heteroatoms. The van der Waals surface area contributed by atoms with Gasteiger partial charge in [0, 0.05) is 55.2 Å². The Hall–Kier alpha value is -3.15. The van der Waals surface area contributed by atoms with Crippen LogP contribution in [-0.4, -0.2) is 52.2 Å². The van der Waals surface area contributed by atoms with Gasteiger partial charge in [-0.25, -0.2) is 9.97 Å². The fourth-order valence-electron chi connectivity index (χ4n) is 5.67. The number of piperazine rings is 1. The molecule has 5 nitrogen and oxygen atoms in total. The van der Waals surface area contributed by atoms with Crippen LogP contribution < -0.4 is 4.90 Å². The van der Waals surface area contributed by atoms with Crippen molar-refractivity contribution in [2.45, 2.75) is 39.0 Å². The van der Waals surface area contributed by atoms with Crippen molar-refractivity contribution in [3.63, 3.8) is 0 Å². The SMILES string of the molecule is Cc1ccc(-n2cc(-c3ccccc3)c3c(N4CCN(CCC5=CCCCC5)CC4)ncnc32)cc1Cl. The first-order valence-corrected chi connectivity index (χ1v) is 13.9. The molecule has 3 heterocycles. The van der Waals surface area contributed by atoms with Gasteiger partial charge in [-0.2, -0.15) is 0 Å². The Morgan fingerprint density at radius 3 is 2.54 bits per heavy atom. The average Bonchev–Trinajstić information content (AvgIpc) is 3.35. The predicted octanol–water partition coefficient (Wildman–Crippen LogP) is 7.06. The number of allylic oxidation sites excluding steroid dienone is 1. The molecule has 1 saturated heterocycles. The molecule has 0 atom stereocenters. The van der Waals surface area contributed by atoms with Crippen molar-refractivity contribution in [3.05, 3.63) is 83.3 Å². The zero-order chi connectivity index (χ0) is 25.2. The minimum atomic E-state index is 0.759. The number of aromatic nitrogens is 3. The molecule has 2 aromatic carbocycles. The first-order chi connectivity index (χ1) is 18.2. The molecule has 1 aliphatic heterocycles. The molecule has 37 heavy (non-hydrogen) atoms. The number of aryl methyl sites for hydroxylation is 1. The normalized spacial score (nSPS) is 16.8. The molecule has 190 valence electrons. The number of halogens is 1. The lowest BCUT2D eigenvalue weighted by Gasteiger charge is -2.36. The van der Waals surface area contributed by atoms with Crippen molar-refractivity contribution in [2.24, 2.45) is 0 Å². The Labute approximate surface area is 224 Å². The summed E-state index contributed by atoms with van der Waals surface area (Å²) in [7, 11) is 0. The zero-order valence-corrected chi connectivity index (χ0v) is 22.3. The van der Waals surface area contributed by atoms with Gasteiger partial charge in [0.05, 0.1) is 5.39 Å². The van der Waals surface area contributed by atoms with Gasteiger partial charge >= 0.3 is 0 Å². The smallest absolute Gasteiger partial charge is 0.150 e. The van der Waals surface area contributed by atoms with Gasteiger partial charge in [0.1, 0.15) is 12.1 Å². The number of fused-ring (bicyclic) bond motifs is 1. The Bertz CT molecular complexity index is 1420. The third-order valence-electron chi connectivity index (χ3n) is 7.89. The zero-order valence-electron chi connectivity index (χ0n) is 21.5. The molecule has 1 aliphatic carbocycles. The quantitative estimate of drug-likeness (QED) is 0.260. The van der Waals surface area contributed by atoms with Gasteiger partial charge in [0.25, 0.3) is 0 Å². The number of hydrogen-bond acceptors (Lipinski definition) is 4. The maximum Gasteiger partial charge on any atom is 0.150 e. The van der Waals surface area contributed by atoms with Crippen molar-refractivity contribution >= 4 is 28.5 Å². The first-order valence-electron chi connectivity index (χ1n) is 13.5. The Morgan fingerprint density at radius 1 is 0.946 bits per heavy atom. The van der Waals surface area contributed by atoms with Crippen LogP contribution in [0.25, 0.3) is 27.8 Å². The van der Waals surface area contributed by atoms with Crippen molar-refractivity contribution < 1.29 is 0 Å². The van der Waals surface area contributed by atoms with E-state index in [1.165, 1.54) is 44.2 Å². The minimum absolute atomic E-state index is 0.759. The van der Waals surface area contributed by atoms with Gasteiger partial charge in [-0.05, 0) is 62.3 Å².